The number of unbranched alkanes of at least 4 members (excludes halogenated alkanes) is 7. The third-order valence-corrected chi connectivity index (χ3v) is 3.90. The summed E-state index contributed by atoms with van der Waals surface area (Å²) in [6, 6.07) is 6.02. The van der Waals surface area contributed by atoms with E-state index in [9.17, 15) is 14.4 Å². The molecule has 0 fully saturated rings. The molecule has 1 aromatic carbocycles. The van der Waals surface area contributed by atoms with Gasteiger partial charge < -0.3 is 14.9 Å². The van der Waals surface area contributed by atoms with Gasteiger partial charge in [0.25, 0.3) is 0 Å². The summed E-state index contributed by atoms with van der Waals surface area (Å²) in [4.78, 5) is 33.4. The molecule has 0 aliphatic carbocycles. The van der Waals surface area contributed by atoms with E-state index in [0.717, 1.165) is 51.4 Å². The van der Waals surface area contributed by atoms with Crippen molar-refractivity contribution in [3.05, 3.63) is 35.4 Å². The Balaban J connectivity index is 2.07. The van der Waals surface area contributed by atoms with Crippen LogP contribution in [0.15, 0.2) is 24.3 Å². The Morgan fingerprint density at radius 1 is 0.760 bits per heavy atom. The summed E-state index contributed by atoms with van der Waals surface area (Å²) < 4.78 is 5.14. The van der Waals surface area contributed by atoms with Gasteiger partial charge in [-0.25, -0.2) is 9.59 Å². The number of benzene rings is 1. The van der Waals surface area contributed by atoms with Gasteiger partial charge in [-0.05, 0) is 25.0 Å². The van der Waals surface area contributed by atoms with Crippen LogP contribution in [-0.4, -0.2) is 34.7 Å². The molecule has 0 aromatic heterocycles. The average molecular weight is 350 g/mol. The van der Waals surface area contributed by atoms with E-state index < -0.39 is 17.9 Å². The Morgan fingerprint density at radius 2 is 1.28 bits per heavy atom. The molecule has 6 heteroatoms. The summed E-state index contributed by atoms with van der Waals surface area (Å²) in [5.74, 6) is -2.48. The predicted octanol–water partition coefficient (Wildman–Crippen LogP) is 4.14. The molecule has 1 aromatic rings. The number of aliphatic carboxylic acids is 1. The van der Waals surface area contributed by atoms with Crippen molar-refractivity contribution in [3.8, 4) is 0 Å². The Labute approximate surface area is 147 Å². The second kappa shape index (κ2) is 12.1. The molecular weight excluding hydrogens is 324 g/mol. The lowest BCUT2D eigenvalue weighted by Gasteiger charge is -2.07. The Hall–Kier alpha value is -2.37. The third kappa shape index (κ3) is 8.88. The summed E-state index contributed by atoms with van der Waals surface area (Å²) >= 11 is 0. The topological polar surface area (TPSA) is 101 Å². The molecule has 2 N–H and O–H groups in total. The minimum absolute atomic E-state index is 0.0459. The van der Waals surface area contributed by atoms with E-state index in [-0.39, 0.29) is 24.2 Å². The zero-order chi connectivity index (χ0) is 18.5. The second-order valence-electron chi connectivity index (χ2n) is 5.96. The maximum absolute atomic E-state index is 11.9. The average Bonchev–Trinajstić information content (AvgIpc) is 2.59. The molecule has 0 atom stereocenters. The molecule has 0 spiro atoms. The molecule has 0 radical (unpaired) electrons. The lowest BCUT2D eigenvalue weighted by molar-refractivity contribution is -0.137. The van der Waals surface area contributed by atoms with Gasteiger partial charge in [0.2, 0.25) is 0 Å². The summed E-state index contributed by atoms with van der Waals surface area (Å²) in [5.41, 5.74) is 0.0340. The first-order valence-electron chi connectivity index (χ1n) is 8.73. The number of carboxylic acid groups (broad SMARTS) is 2. The summed E-state index contributed by atoms with van der Waals surface area (Å²) in [6.07, 6.45) is 7.90. The van der Waals surface area contributed by atoms with Crippen LogP contribution in [-0.2, 0) is 9.53 Å². The molecule has 0 saturated carbocycles. The molecule has 25 heavy (non-hydrogen) atoms. The van der Waals surface area contributed by atoms with Crippen LogP contribution in [0, 0.1) is 0 Å². The number of rotatable bonds is 13. The number of ether oxygens (including phenoxy) is 1. The van der Waals surface area contributed by atoms with Crippen molar-refractivity contribution in [2.24, 2.45) is 0 Å². The third-order valence-electron chi connectivity index (χ3n) is 3.90. The number of esters is 1. The lowest BCUT2D eigenvalue weighted by Crippen LogP contribution is -2.12. The fraction of sp³-hybridized carbons (Fsp3) is 0.526. The van der Waals surface area contributed by atoms with Gasteiger partial charge >= 0.3 is 17.9 Å². The van der Waals surface area contributed by atoms with Crippen molar-refractivity contribution in [3.63, 3.8) is 0 Å². The number of carboxylic acids is 2. The van der Waals surface area contributed by atoms with Crippen LogP contribution in [0.5, 0.6) is 0 Å². The van der Waals surface area contributed by atoms with Crippen molar-refractivity contribution in [2.45, 2.75) is 57.8 Å². The molecule has 0 saturated heterocycles. The van der Waals surface area contributed by atoms with Crippen LogP contribution < -0.4 is 0 Å². The van der Waals surface area contributed by atoms with Crippen LogP contribution in [0.3, 0.4) is 0 Å². The zero-order valence-electron chi connectivity index (χ0n) is 14.4. The van der Waals surface area contributed by atoms with Crippen molar-refractivity contribution in [1.29, 1.82) is 0 Å². The smallest absolute Gasteiger partial charge is 0.339 e. The van der Waals surface area contributed by atoms with Gasteiger partial charge in [-0.2, -0.15) is 0 Å². The number of carbonyl (C=O) groups is 3. The van der Waals surface area contributed by atoms with Crippen LogP contribution in [0.1, 0.15) is 78.5 Å². The number of aromatic carboxylic acids is 1. The quantitative estimate of drug-likeness (QED) is 0.409. The zero-order valence-corrected chi connectivity index (χ0v) is 14.4. The molecule has 0 aliphatic heterocycles. The van der Waals surface area contributed by atoms with E-state index in [1.54, 1.807) is 12.1 Å². The molecule has 0 heterocycles. The largest absolute Gasteiger partial charge is 0.481 e. The van der Waals surface area contributed by atoms with Crippen molar-refractivity contribution >= 4 is 17.9 Å². The molecule has 1 rings (SSSR count). The monoisotopic (exact) mass is 350 g/mol. The molecule has 0 bridgehead atoms. The predicted molar refractivity (Wildman–Crippen MR) is 92.9 cm³/mol. The standard InChI is InChI=1S/C19H26O6/c20-17(21)13-7-5-3-1-2-4-6-10-14-25-19(24)16-12-9-8-11-15(16)18(22)23/h8-9,11-12H,1-7,10,13-14H2,(H,20,21)(H,22,23). The number of carbonyl (C=O) groups excluding carboxylic acids is 1. The SMILES string of the molecule is O=C(O)CCCCCCCCCCOC(=O)c1ccccc1C(=O)O. The van der Waals surface area contributed by atoms with E-state index in [2.05, 4.69) is 0 Å². The Kier molecular flexibility index (Phi) is 9.97. The molecule has 138 valence electrons. The minimum Gasteiger partial charge on any atom is -0.481 e. The first-order valence-corrected chi connectivity index (χ1v) is 8.73. The first kappa shape index (κ1) is 20.7. The van der Waals surface area contributed by atoms with Gasteiger partial charge in [-0.15, -0.1) is 0 Å². The Morgan fingerprint density at radius 3 is 1.84 bits per heavy atom. The summed E-state index contributed by atoms with van der Waals surface area (Å²) in [6.45, 7) is 0.283. The summed E-state index contributed by atoms with van der Waals surface area (Å²) in [5, 5.41) is 17.6. The van der Waals surface area contributed by atoms with Crippen molar-refractivity contribution in [1.82, 2.24) is 0 Å². The number of hydrogen-bond donors (Lipinski definition) is 2. The van der Waals surface area contributed by atoms with Gasteiger partial charge in [-0.3, -0.25) is 4.79 Å². The van der Waals surface area contributed by atoms with Crippen LogP contribution in [0.4, 0.5) is 0 Å². The van der Waals surface area contributed by atoms with Gasteiger partial charge in [0.15, 0.2) is 0 Å². The Bertz CT molecular complexity index is 567. The highest BCUT2D eigenvalue weighted by Crippen LogP contribution is 2.12. The second-order valence-corrected chi connectivity index (χ2v) is 5.96. The van der Waals surface area contributed by atoms with Gasteiger partial charge in [0, 0.05) is 6.42 Å². The van der Waals surface area contributed by atoms with Crippen LogP contribution >= 0.6 is 0 Å². The van der Waals surface area contributed by atoms with E-state index >= 15 is 0 Å². The normalized spacial score (nSPS) is 10.4. The van der Waals surface area contributed by atoms with E-state index in [0.29, 0.717) is 0 Å². The maximum Gasteiger partial charge on any atom is 0.339 e. The fourth-order valence-corrected chi connectivity index (χ4v) is 2.53. The molecule has 6 nitrogen and oxygen atoms in total. The van der Waals surface area contributed by atoms with E-state index in [4.69, 9.17) is 14.9 Å². The van der Waals surface area contributed by atoms with Crippen molar-refractivity contribution in [2.75, 3.05) is 6.61 Å². The lowest BCUT2D eigenvalue weighted by atomic mass is 10.1. The molecule has 0 amide bonds. The highest BCUT2D eigenvalue weighted by atomic mass is 16.5. The van der Waals surface area contributed by atoms with Crippen LogP contribution in [0.2, 0.25) is 0 Å². The highest BCUT2D eigenvalue weighted by Gasteiger charge is 2.16. The van der Waals surface area contributed by atoms with E-state index in [1.807, 2.05) is 0 Å². The number of hydrogen-bond acceptors (Lipinski definition) is 4. The minimum atomic E-state index is -1.14. The van der Waals surface area contributed by atoms with Gasteiger partial charge in [0.05, 0.1) is 17.7 Å². The first-order chi connectivity index (χ1) is 12.0. The molecular formula is C19H26O6. The fourth-order valence-electron chi connectivity index (χ4n) is 2.53. The highest BCUT2D eigenvalue weighted by molar-refractivity contribution is 6.02. The molecule has 0 aliphatic rings. The van der Waals surface area contributed by atoms with E-state index in [1.165, 1.54) is 12.1 Å². The van der Waals surface area contributed by atoms with Gasteiger partial charge in [-0.1, -0.05) is 50.7 Å². The van der Waals surface area contributed by atoms with Crippen molar-refractivity contribution < 1.29 is 29.3 Å². The van der Waals surface area contributed by atoms with Gasteiger partial charge in [0.1, 0.15) is 0 Å². The maximum atomic E-state index is 11.9. The molecule has 0 unspecified atom stereocenters. The summed E-state index contributed by atoms with van der Waals surface area (Å²) in [7, 11) is 0. The van der Waals surface area contributed by atoms with Crippen LogP contribution in [0.25, 0.3) is 0 Å².